The second kappa shape index (κ2) is 5.23. The van der Waals surface area contributed by atoms with Crippen molar-refractivity contribution in [2.24, 2.45) is 0 Å². The molecule has 0 atom stereocenters. The molecule has 0 aliphatic heterocycles. The maximum atomic E-state index is 5.75. The van der Waals surface area contributed by atoms with Crippen molar-refractivity contribution in [3.63, 3.8) is 0 Å². The highest BCUT2D eigenvalue weighted by molar-refractivity contribution is 9.10. The number of nitrogens with zero attached hydrogens (tertiary/aromatic N) is 2. The second-order valence-corrected chi connectivity index (χ2v) is 4.62. The van der Waals surface area contributed by atoms with E-state index in [0.717, 1.165) is 28.1 Å². The van der Waals surface area contributed by atoms with Gasteiger partial charge < -0.3 is 11.1 Å². The zero-order valence-electron chi connectivity index (χ0n) is 9.65. The Labute approximate surface area is 109 Å². The van der Waals surface area contributed by atoms with Gasteiger partial charge in [0.05, 0.1) is 0 Å². The molecule has 0 fully saturated rings. The predicted molar refractivity (Wildman–Crippen MR) is 73.8 cm³/mol. The van der Waals surface area contributed by atoms with Crippen LogP contribution in [0.25, 0.3) is 0 Å². The van der Waals surface area contributed by atoms with Gasteiger partial charge in [-0.25, -0.2) is 0 Å². The molecular formula is C12H15BrN4. The van der Waals surface area contributed by atoms with Crippen molar-refractivity contribution >= 4 is 27.4 Å². The number of nitrogens with two attached hydrogens (primary N) is 1. The van der Waals surface area contributed by atoms with Crippen molar-refractivity contribution in [1.82, 2.24) is 9.78 Å². The SMILES string of the molecule is CCn1ccc(NCc2cc(N)ccc2Br)n1. The fourth-order valence-corrected chi connectivity index (χ4v) is 1.93. The Bertz CT molecular complexity index is 507. The van der Waals surface area contributed by atoms with Crippen molar-refractivity contribution in [3.8, 4) is 0 Å². The van der Waals surface area contributed by atoms with E-state index in [0.29, 0.717) is 6.54 Å². The highest BCUT2D eigenvalue weighted by Crippen LogP contribution is 2.20. The first kappa shape index (κ1) is 12.0. The molecule has 0 spiro atoms. The number of nitrogen functional groups attached to an aromatic ring is 1. The summed E-state index contributed by atoms with van der Waals surface area (Å²) < 4.78 is 2.94. The van der Waals surface area contributed by atoms with Gasteiger partial charge in [0.25, 0.3) is 0 Å². The number of hydrogen-bond donors (Lipinski definition) is 2. The number of nitrogens with one attached hydrogen (secondary N) is 1. The van der Waals surface area contributed by atoms with Crippen LogP contribution in [-0.4, -0.2) is 9.78 Å². The van der Waals surface area contributed by atoms with E-state index in [-0.39, 0.29) is 0 Å². The number of aromatic nitrogens is 2. The maximum Gasteiger partial charge on any atom is 0.148 e. The minimum atomic E-state index is 0.701. The zero-order chi connectivity index (χ0) is 12.3. The molecule has 3 N–H and O–H groups in total. The third-order valence-electron chi connectivity index (χ3n) is 2.49. The molecule has 0 unspecified atom stereocenters. The van der Waals surface area contributed by atoms with E-state index in [2.05, 4.69) is 33.3 Å². The zero-order valence-corrected chi connectivity index (χ0v) is 11.2. The van der Waals surface area contributed by atoms with Crippen LogP contribution in [0.2, 0.25) is 0 Å². The fraction of sp³-hybridized carbons (Fsp3) is 0.250. The molecule has 0 saturated carbocycles. The predicted octanol–water partition coefficient (Wildman–Crippen LogP) is 2.86. The summed E-state index contributed by atoms with van der Waals surface area (Å²) >= 11 is 3.50. The molecule has 0 aliphatic carbocycles. The van der Waals surface area contributed by atoms with Gasteiger partial charge in [-0.05, 0) is 30.7 Å². The first-order valence-corrected chi connectivity index (χ1v) is 6.29. The summed E-state index contributed by atoms with van der Waals surface area (Å²) in [7, 11) is 0. The molecule has 0 amide bonds. The number of aryl methyl sites for hydroxylation is 1. The Morgan fingerprint density at radius 2 is 2.24 bits per heavy atom. The largest absolute Gasteiger partial charge is 0.399 e. The van der Waals surface area contributed by atoms with Gasteiger partial charge in [-0.1, -0.05) is 15.9 Å². The minimum Gasteiger partial charge on any atom is -0.399 e. The third kappa shape index (κ3) is 3.00. The highest BCUT2D eigenvalue weighted by atomic mass is 79.9. The highest BCUT2D eigenvalue weighted by Gasteiger charge is 2.02. The lowest BCUT2D eigenvalue weighted by molar-refractivity contribution is 0.661. The van der Waals surface area contributed by atoms with Gasteiger partial charge in [0.15, 0.2) is 0 Å². The van der Waals surface area contributed by atoms with Crippen LogP contribution in [0, 0.1) is 0 Å². The number of hydrogen-bond acceptors (Lipinski definition) is 3. The molecule has 0 bridgehead atoms. The van der Waals surface area contributed by atoms with Crippen molar-refractivity contribution in [2.45, 2.75) is 20.0 Å². The van der Waals surface area contributed by atoms with Crippen molar-refractivity contribution in [2.75, 3.05) is 11.1 Å². The Morgan fingerprint density at radius 3 is 2.94 bits per heavy atom. The summed E-state index contributed by atoms with van der Waals surface area (Å²) in [5.41, 5.74) is 7.64. The van der Waals surface area contributed by atoms with E-state index in [1.54, 1.807) is 0 Å². The van der Waals surface area contributed by atoms with Gasteiger partial charge in [0, 0.05) is 35.5 Å². The van der Waals surface area contributed by atoms with Gasteiger partial charge >= 0.3 is 0 Å². The average Bonchev–Trinajstić information content (AvgIpc) is 2.78. The summed E-state index contributed by atoms with van der Waals surface area (Å²) in [6, 6.07) is 7.74. The molecule has 0 aliphatic rings. The lowest BCUT2D eigenvalue weighted by Gasteiger charge is -2.06. The molecule has 4 nitrogen and oxygen atoms in total. The molecular weight excluding hydrogens is 280 g/mol. The molecule has 1 aromatic heterocycles. The first-order valence-electron chi connectivity index (χ1n) is 5.50. The van der Waals surface area contributed by atoms with E-state index >= 15 is 0 Å². The maximum absolute atomic E-state index is 5.75. The quantitative estimate of drug-likeness (QED) is 0.853. The van der Waals surface area contributed by atoms with Crippen molar-refractivity contribution in [3.05, 3.63) is 40.5 Å². The lowest BCUT2D eigenvalue weighted by Crippen LogP contribution is -2.03. The van der Waals surface area contributed by atoms with E-state index < -0.39 is 0 Å². The van der Waals surface area contributed by atoms with Crippen LogP contribution in [0.1, 0.15) is 12.5 Å². The van der Waals surface area contributed by atoms with Crippen LogP contribution >= 0.6 is 15.9 Å². The smallest absolute Gasteiger partial charge is 0.148 e. The molecule has 0 saturated heterocycles. The third-order valence-corrected chi connectivity index (χ3v) is 3.27. The monoisotopic (exact) mass is 294 g/mol. The number of benzene rings is 1. The van der Waals surface area contributed by atoms with Crippen LogP contribution in [-0.2, 0) is 13.1 Å². The Kier molecular flexibility index (Phi) is 3.68. The Balaban J connectivity index is 2.04. The topological polar surface area (TPSA) is 55.9 Å². The van der Waals surface area contributed by atoms with Crippen LogP contribution in [0.15, 0.2) is 34.9 Å². The van der Waals surface area contributed by atoms with Crippen LogP contribution in [0.3, 0.4) is 0 Å². The molecule has 2 aromatic rings. The Morgan fingerprint density at radius 1 is 1.41 bits per heavy atom. The molecule has 0 radical (unpaired) electrons. The first-order chi connectivity index (χ1) is 8.19. The van der Waals surface area contributed by atoms with E-state index in [4.69, 9.17) is 5.73 Å². The number of halogens is 1. The fourth-order valence-electron chi connectivity index (χ4n) is 1.55. The van der Waals surface area contributed by atoms with Crippen LogP contribution < -0.4 is 11.1 Å². The standard InChI is InChI=1S/C12H15BrN4/c1-2-17-6-5-12(16-17)15-8-9-7-10(14)3-4-11(9)13/h3-7H,2,8,14H2,1H3,(H,15,16). The summed E-state index contributed by atoms with van der Waals surface area (Å²) in [6.45, 7) is 3.64. The number of rotatable bonds is 4. The summed E-state index contributed by atoms with van der Waals surface area (Å²) in [5.74, 6) is 0.876. The van der Waals surface area contributed by atoms with Crippen LogP contribution in [0.5, 0.6) is 0 Å². The van der Waals surface area contributed by atoms with E-state index in [1.807, 2.05) is 35.1 Å². The van der Waals surface area contributed by atoms with Gasteiger partial charge in [-0.3, -0.25) is 4.68 Å². The van der Waals surface area contributed by atoms with Crippen molar-refractivity contribution in [1.29, 1.82) is 0 Å². The normalized spacial score (nSPS) is 10.5. The summed E-state index contributed by atoms with van der Waals surface area (Å²) in [4.78, 5) is 0. The van der Waals surface area contributed by atoms with E-state index in [9.17, 15) is 0 Å². The molecule has 2 rings (SSSR count). The van der Waals surface area contributed by atoms with Crippen molar-refractivity contribution < 1.29 is 0 Å². The molecule has 1 aromatic carbocycles. The van der Waals surface area contributed by atoms with Gasteiger partial charge in [0.2, 0.25) is 0 Å². The summed E-state index contributed by atoms with van der Waals surface area (Å²) in [6.07, 6.45) is 1.96. The van der Waals surface area contributed by atoms with Crippen LogP contribution in [0.4, 0.5) is 11.5 Å². The summed E-state index contributed by atoms with van der Waals surface area (Å²) in [5, 5.41) is 7.62. The van der Waals surface area contributed by atoms with E-state index in [1.165, 1.54) is 0 Å². The number of anilines is 2. The second-order valence-electron chi connectivity index (χ2n) is 3.76. The average molecular weight is 295 g/mol. The lowest BCUT2D eigenvalue weighted by atomic mass is 10.2. The molecule has 1 heterocycles. The van der Waals surface area contributed by atoms with Gasteiger partial charge in [-0.2, -0.15) is 5.10 Å². The minimum absolute atomic E-state index is 0.701. The van der Waals surface area contributed by atoms with Gasteiger partial charge in [0.1, 0.15) is 5.82 Å². The Hall–Kier alpha value is -1.49. The van der Waals surface area contributed by atoms with Gasteiger partial charge in [-0.15, -0.1) is 0 Å². The molecule has 17 heavy (non-hydrogen) atoms. The molecule has 5 heteroatoms. The molecule has 90 valence electrons.